The molecule has 20 heavy (non-hydrogen) atoms. The minimum atomic E-state index is -5.39. The zero-order valence-electron chi connectivity index (χ0n) is 9.02. The summed E-state index contributed by atoms with van der Waals surface area (Å²) in [5.74, 6) is -3.95. The van der Waals surface area contributed by atoms with E-state index in [1.54, 1.807) is 0 Å². The first-order chi connectivity index (χ1) is 9.04. The van der Waals surface area contributed by atoms with E-state index in [1.807, 2.05) is 0 Å². The van der Waals surface area contributed by atoms with Crippen molar-refractivity contribution in [2.45, 2.75) is 12.8 Å². The number of alkyl halides is 5. The average Bonchev–Trinajstić information content (AvgIpc) is 2.24. The summed E-state index contributed by atoms with van der Waals surface area (Å²) in [4.78, 5) is 22.6. The second-order valence-electron chi connectivity index (χ2n) is 3.15. The highest BCUT2D eigenvalue weighted by molar-refractivity contribution is 5.95. The molecule has 0 aliphatic carbocycles. The van der Waals surface area contributed by atoms with E-state index in [2.05, 4.69) is 9.72 Å². The van der Waals surface area contributed by atoms with Gasteiger partial charge >= 0.3 is 12.3 Å². The number of halogens is 5. The Morgan fingerprint density at radius 1 is 1.45 bits per heavy atom. The normalized spacial score (nSPS) is 11.5. The summed E-state index contributed by atoms with van der Waals surface area (Å²) >= 11 is 0. The van der Waals surface area contributed by atoms with Gasteiger partial charge in [0.1, 0.15) is 5.56 Å². The van der Waals surface area contributed by atoms with Crippen LogP contribution in [0.2, 0.25) is 0 Å². The molecule has 12 heteroatoms. The van der Waals surface area contributed by atoms with Crippen LogP contribution in [0.1, 0.15) is 22.3 Å². The van der Waals surface area contributed by atoms with Crippen molar-refractivity contribution in [3.63, 3.8) is 0 Å². The molecule has 0 unspecified atom stereocenters. The van der Waals surface area contributed by atoms with Crippen molar-refractivity contribution in [1.82, 2.24) is 4.98 Å². The molecule has 7 nitrogen and oxygen atoms in total. The molecule has 1 aromatic rings. The van der Waals surface area contributed by atoms with Gasteiger partial charge in [-0.3, -0.25) is 10.1 Å². The van der Waals surface area contributed by atoms with E-state index in [0.29, 0.717) is 0 Å². The van der Waals surface area contributed by atoms with E-state index >= 15 is 0 Å². The molecule has 0 aliphatic rings. The number of nitro groups is 1. The van der Waals surface area contributed by atoms with Gasteiger partial charge in [-0.25, -0.2) is 18.6 Å². The van der Waals surface area contributed by atoms with Crippen LogP contribution in [-0.2, 0) is 0 Å². The molecule has 1 N–H and O–H groups in total. The van der Waals surface area contributed by atoms with E-state index < -0.39 is 46.4 Å². The van der Waals surface area contributed by atoms with Crippen molar-refractivity contribution >= 4 is 11.7 Å². The minimum Gasteiger partial charge on any atom is -0.477 e. The maximum atomic E-state index is 12.5. The van der Waals surface area contributed by atoms with Crippen molar-refractivity contribution in [3.8, 4) is 5.88 Å². The lowest BCUT2D eigenvalue weighted by molar-refractivity contribution is -0.386. The van der Waals surface area contributed by atoms with Crippen molar-refractivity contribution in [2.75, 3.05) is 0 Å². The summed E-state index contributed by atoms with van der Waals surface area (Å²) in [7, 11) is 0. The third-order valence-corrected chi connectivity index (χ3v) is 1.89. The number of hydrogen-bond acceptors (Lipinski definition) is 5. The summed E-state index contributed by atoms with van der Waals surface area (Å²) in [6.07, 6.45) is -8.84. The molecule has 1 aromatic heterocycles. The van der Waals surface area contributed by atoms with Gasteiger partial charge in [-0.15, -0.1) is 13.2 Å². The molecule has 0 saturated carbocycles. The largest absolute Gasteiger partial charge is 0.574 e. The smallest absolute Gasteiger partial charge is 0.477 e. The van der Waals surface area contributed by atoms with Crippen molar-refractivity contribution in [3.05, 3.63) is 27.4 Å². The van der Waals surface area contributed by atoms with Gasteiger partial charge < -0.3 is 9.84 Å². The maximum Gasteiger partial charge on any atom is 0.574 e. The highest BCUT2D eigenvalue weighted by Gasteiger charge is 2.39. The monoisotopic (exact) mass is 302 g/mol. The summed E-state index contributed by atoms with van der Waals surface area (Å²) in [5, 5.41) is 19.3. The molecule has 0 aromatic carbocycles. The molecule has 1 rings (SSSR count). The summed E-state index contributed by atoms with van der Waals surface area (Å²) in [6.45, 7) is 0. The number of pyridine rings is 1. The number of aromatic nitrogens is 1. The Bertz CT molecular complexity index is 559. The third-order valence-electron chi connectivity index (χ3n) is 1.89. The summed E-state index contributed by atoms with van der Waals surface area (Å²) in [6, 6.07) is 0. The van der Waals surface area contributed by atoms with Gasteiger partial charge in [-0.05, 0) is 0 Å². The zero-order valence-corrected chi connectivity index (χ0v) is 9.02. The fourth-order valence-electron chi connectivity index (χ4n) is 1.24. The van der Waals surface area contributed by atoms with Crippen LogP contribution in [0.15, 0.2) is 6.20 Å². The fraction of sp³-hybridized carbons (Fsp3) is 0.250. The number of carbonyl (C=O) groups is 1. The molecule has 0 atom stereocenters. The Balaban J connectivity index is 3.61. The molecular formula is C8H3F5N2O5. The van der Waals surface area contributed by atoms with Gasteiger partial charge in [-0.2, -0.15) is 0 Å². The summed E-state index contributed by atoms with van der Waals surface area (Å²) < 4.78 is 64.2. The van der Waals surface area contributed by atoms with E-state index in [0.717, 1.165) is 0 Å². The number of nitrogens with zero attached hydrogens (tertiary/aromatic N) is 2. The lowest BCUT2D eigenvalue weighted by atomic mass is 10.1. The average molecular weight is 302 g/mol. The van der Waals surface area contributed by atoms with Crippen molar-refractivity contribution in [2.24, 2.45) is 0 Å². The van der Waals surface area contributed by atoms with Gasteiger partial charge in [0.15, 0.2) is 5.56 Å². The van der Waals surface area contributed by atoms with Gasteiger partial charge in [-0.1, -0.05) is 0 Å². The van der Waals surface area contributed by atoms with Crippen LogP contribution < -0.4 is 4.74 Å². The van der Waals surface area contributed by atoms with Crippen LogP contribution in [0, 0.1) is 10.1 Å². The van der Waals surface area contributed by atoms with E-state index in [4.69, 9.17) is 5.11 Å². The molecule has 0 amide bonds. The lowest BCUT2D eigenvalue weighted by Gasteiger charge is -2.11. The van der Waals surface area contributed by atoms with Crippen molar-refractivity contribution in [1.29, 1.82) is 0 Å². The summed E-state index contributed by atoms with van der Waals surface area (Å²) in [5.41, 5.74) is -4.84. The molecule has 1 heterocycles. The van der Waals surface area contributed by atoms with Gasteiger partial charge in [0.05, 0.1) is 4.92 Å². The number of ether oxygens (including phenoxy) is 1. The number of carboxylic acids is 1. The number of carboxylic acid groups (broad SMARTS) is 1. The Kier molecular flexibility index (Phi) is 4.06. The Labute approximate surface area is 105 Å². The van der Waals surface area contributed by atoms with Crippen LogP contribution >= 0.6 is 0 Å². The first-order valence-corrected chi connectivity index (χ1v) is 4.49. The standard InChI is InChI=1S/C8H3F5N2O5/c9-5(10)2-1-14-6(20-8(11,12)13)3(7(16)17)4(2)15(18)19/h1,5H,(H,16,17). The number of rotatable bonds is 4. The predicted octanol–water partition coefficient (Wildman–Crippen LogP) is 2.52. The first-order valence-electron chi connectivity index (χ1n) is 4.49. The second-order valence-corrected chi connectivity index (χ2v) is 3.15. The molecule has 0 fully saturated rings. The Hall–Kier alpha value is -2.53. The van der Waals surface area contributed by atoms with Crippen LogP contribution in [0.25, 0.3) is 0 Å². The highest BCUT2D eigenvalue weighted by atomic mass is 19.4. The van der Waals surface area contributed by atoms with Crippen molar-refractivity contribution < 1.29 is 41.5 Å². The predicted molar refractivity (Wildman–Crippen MR) is 49.5 cm³/mol. The number of hydrogen-bond donors (Lipinski definition) is 1. The quantitative estimate of drug-likeness (QED) is 0.521. The van der Waals surface area contributed by atoms with Crippen LogP contribution in [-0.4, -0.2) is 27.3 Å². The van der Waals surface area contributed by atoms with Crippen LogP contribution in [0.5, 0.6) is 5.88 Å². The van der Waals surface area contributed by atoms with Crippen LogP contribution in [0.3, 0.4) is 0 Å². The third kappa shape index (κ3) is 3.27. The van der Waals surface area contributed by atoms with E-state index in [1.165, 1.54) is 0 Å². The molecular weight excluding hydrogens is 299 g/mol. The second kappa shape index (κ2) is 5.22. The zero-order chi connectivity index (χ0) is 15.7. The maximum absolute atomic E-state index is 12.5. The van der Waals surface area contributed by atoms with Gasteiger partial charge in [0.2, 0.25) is 5.88 Å². The Morgan fingerprint density at radius 2 is 2.00 bits per heavy atom. The van der Waals surface area contributed by atoms with Crippen LogP contribution in [0.4, 0.5) is 27.6 Å². The minimum absolute atomic E-state index is 0.0519. The van der Waals surface area contributed by atoms with Gasteiger partial charge in [0.25, 0.3) is 12.1 Å². The highest BCUT2D eigenvalue weighted by Crippen LogP contribution is 2.37. The van der Waals surface area contributed by atoms with E-state index in [9.17, 15) is 36.9 Å². The molecule has 0 bridgehead atoms. The Morgan fingerprint density at radius 3 is 2.35 bits per heavy atom. The SMILES string of the molecule is O=C(O)c1c(OC(F)(F)F)ncc(C(F)F)c1[N+](=O)[O-]. The van der Waals surface area contributed by atoms with Gasteiger partial charge in [0, 0.05) is 6.20 Å². The lowest BCUT2D eigenvalue weighted by Crippen LogP contribution is -2.21. The van der Waals surface area contributed by atoms with E-state index in [-0.39, 0.29) is 6.20 Å². The molecule has 0 saturated heterocycles. The molecule has 0 radical (unpaired) electrons. The fourth-order valence-corrected chi connectivity index (χ4v) is 1.24. The first kappa shape index (κ1) is 15.5. The molecule has 110 valence electrons. The topological polar surface area (TPSA) is 103 Å². The number of aromatic carboxylic acids is 1. The molecule has 0 spiro atoms. The molecule has 0 aliphatic heterocycles.